The summed E-state index contributed by atoms with van der Waals surface area (Å²) in [6.45, 7) is -0.450. The van der Waals surface area contributed by atoms with Crippen molar-refractivity contribution in [2.75, 3.05) is 12.3 Å². The zero-order chi connectivity index (χ0) is 15.3. The van der Waals surface area contributed by atoms with E-state index >= 15 is 0 Å². The number of aliphatic hydroxyl groups excluding tert-OH is 3. The molecule has 6 N–H and O–H groups in total. The maximum absolute atomic E-state index is 11.8. The Balaban J connectivity index is 2.17. The number of aromatic nitrogens is 4. The standard InChI is InChI=1S/C10H12IN5O5/c11-9-13-3-6(14-10(12)15-7(3)20)16(9)8-5(19)4(18)2(1-17)21-8/h2,4-5,8,17-19H,1H2,(H3,12,14,15,20)/t2-,4+,5+,8-/m1/s1. The molecule has 1 fully saturated rings. The van der Waals surface area contributed by atoms with Gasteiger partial charge in [0.15, 0.2) is 21.2 Å². The second kappa shape index (κ2) is 5.17. The lowest BCUT2D eigenvalue weighted by Gasteiger charge is -2.17. The number of rotatable bonds is 2. The third kappa shape index (κ3) is 2.20. The summed E-state index contributed by atoms with van der Waals surface area (Å²) in [5, 5.41) is 29.0. The molecule has 0 aromatic carbocycles. The van der Waals surface area contributed by atoms with Gasteiger partial charge in [-0.3, -0.25) is 14.3 Å². The third-order valence-corrected chi connectivity index (χ3v) is 4.06. The molecular weight excluding hydrogens is 397 g/mol. The van der Waals surface area contributed by atoms with Crippen LogP contribution in [0.4, 0.5) is 5.95 Å². The minimum absolute atomic E-state index is 0.0475. The summed E-state index contributed by atoms with van der Waals surface area (Å²) >= 11 is 1.85. The van der Waals surface area contributed by atoms with Crippen LogP contribution in [0.1, 0.15) is 6.23 Å². The fourth-order valence-electron chi connectivity index (χ4n) is 2.29. The molecule has 0 spiro atoms. The van der Waals surface area contributed by atoms with E-state index in [4.69, 9.17) is 15.6 Å². The molecule has 1 aliphatic rings. The molecule has 0 unspecified atom stereocenters. The second-order valence-corrected chi connectivity index (χ2v) is 5.57. The van der Waals surface area contributed by atoms with Crippen LogP contribution in [-0.4, -0.2) is 59.8 Å². The zero-order valence-electron chi connectivity index (χ0n) is 10.5. The van der Waals surface area contributed by atoms with Crippen molar-refractivity contribution in [2.45, 2.75) is 24.5 Å². The Hall–Kier alpha value is -1.28. The number of imidazole rings is 1. The number of aromatic amines is 1. The van der Waals surface area contributed by atoms with Gasteiger partial charge in [-0.2, -0.15) is 4.98 Å². The largest absolute Gasteiger partial charge is 0.394 e. The molecule has 11 heteroatoms. The molecule has 3 rings (SSSR count). The van der Waals surface area contributed by atoms with E-state index < -0.39 is 36.7 Å². The Morgan fingerprint density at radius 1 is 1.38 bits per heavy atom. The smallest absolute Gasteiger partial charge is 0.280 e. The fraction of sp³-hybridized carbons (Fsp3) is 0.500. The summed E-state index contributed by atoms with van der Waals surface area (Å²) in [5.41, 5.74) is 5.18. The van der Waals surface area contributed by atoms with E-state index in [1.54, 1.807) is 0 Å². The predicted molar refractivity (Wildman–Crippen MR) is 78.3 cm³/mol. The minimum atomic E-state index is -1.30. The summed E-state index contributed by atoms with van der Waals surface area (Å²) in [6.07, 6.45) is -4.51. The Bertz CT molecular complexity index is 745. The van der Waals surface area contributed by atoms with Crippen LogP contribution in [0.5, 0.6) is 0 Å². The lowest BCUT2D eigenvalue weighted by molar-refractivity contribution is -0.0522. The first-order valence-electron chi connectivity index (χ1n) is 5.99. The third-order valence-electron chi connectivity index (χ3n) is 3.30. The van der Waals surface area contributed by atoms with Crippen molar-refractivity contribution < 1.29 is 20.1 Å². The number of fused-ring (bicyclic) bond motifs is 1. The number of nitrogens with two attached hydrogens (primary N) is 1. The molecule has 0 amide bonds. The van der Waals surface area contributed by atoms with Gasteiger partial charge in [0.05, 0.1) is 6.61 Å². The number of hydrogen-bond acceptors (Lipinski definition) is 8. The number of hydrogen-bond donors (Lipinski definition) is 5. The average molecular weight is 409 g/mol. The van der Waals surface area contributed by atoms with Crippen LogP contribution in [0.15, 0.2) is 4.79 Å². The van der Waals surface area contributed by atoms with Crippen LogP contribution in [0.25, 0.3) is 11.2 Å². The highest BCUT2D eigenvalue weighted by Gasteiger charge is 2.44. The quantitative estimate of drug-likeness (QED) is 0.279. The SMILES string of the molecule is Nc1nc2c(nc(I)n2[C@@H]2O[C@H](CO)[C@H](O)[C@@H]2O)c(=O)[nH]1. The van der Waals surface area contributed by atoms with Gasteiger partial charge >= 0.3 is 0 Å². The Labute approximate surface area is 130 Å². The molecule has 3 heterocycles. The summed E-state index contributed by atoms with van der Waals surface area (Å²) in [4.78, 5) is 22.2. The highest BCUT2D eigenvalue weighted by atomic mass is 127. The molecule has 1 saturated heterocycles. The first-order chi connectivity index (χ1) is 9.93. The molecule has 1 aliphatic heterocycles. The summed E-state index contributed by atoms with van der Waals surface area (Å²) in [6, 6.07) is 0. The van der Waals surface area contributed by atoms with E-state index in [1.165, 1.54) is 4.57 Å². The number of anilines is 1. The molecule has 10 nitrogen and oxygen atoms in total. The van der Waals surface area contributed by atoms with Crippen LogP contribution in [0.3, 0.4) is 0 Å². The normalized spacial score (nSPS) is 29.3. The molecule has 0 aliphatic carbocycles. The van der Waals surface area contributed by atoms with Gasteiger partial charge in [0.2, 0.25) is 5.95 Å². The Morgan fingerprint density at radius 3 is 2.71 bits per heavy atom. The van der Waals surface area contributed by atoms with Gasteiger partial charge in [-0.1, -0.05) is 0 Å². The zero-order valence-corrected chi connectivity index (χ0v) is 12.6. The molecule has 2 aromatic rings. The van der Waals surface area contributed by atoms with E-state index in [0.717, 1.165) is 0 Å². The van der Waals surface area contributed by atoms with Crippen molar-refractivity contribution in [1.82, 2.24) is 19.5 Å². The van der Waals surface area contributed by atoms with Gasteiger partial charge < -0.3 is 25.8 Å². The lowest BCUT2D eigenvalue weighted by Crippen LogP contribution is -2.33. The first kappa shape index (κ1) is 14.6. The number of nitrogen functional groups attached to an aromatic ring is 1. The topological polar surface area (TPSA) is 160 Å². The maximum atomic E-state index is 11.8. The number of H-pyrrole nitrogens is 1. The van der Waals surface area contributed by atoms with E-state index in [1.807, 2.05) is 22.6 Å². The molecule has 0 radical (unpaired) electrons. The highest BCUT2D eigenvalue weighted by Crippen LogP contribution is 2.32. The molecule has 0 saturated carbocycles. The number of nitrogens with one attached hydrogen (secondary N) is 1. The van der Waals surface area contributed by atoms with Crippen molar-refractivity contribution in [3.05, 3.63) is 14.2 Å². The first-order valence-corrected chi connectivity index (χ1v) is 7.07. The Kier molecular flexibility index (Phi) is 3.61. The number of halogens is 1. The van der Waals surface area contributed by atoms with Crippen molar-refractivity contribution >= 4 is 39.7 Å². The van der Waals surface area contributed by atoms with Crippen LogP contribution < -0.4 is 11.3 Å². The van der Waals surface area contributed by atoms with Crippen molar-refractivity contribution in [3.8, 4) is 0 Å². The van der Waals surface area contributed by atoms with E-state index in [0.29, 0.717) is 3.83 Å². The van der Waals surface area contributed by atoms with E-state index in [-0.39, 0.29) is 17.1 Å². The van der Waals surface area contributed by atoms with Crippen molar-refractivity contribution in [3.63, 3.8) is 0 Å². The number of nitrogens with zero attached hydrogens (tertiary/aromatic N) is 3. The van der Waals surface area contributed by atoms with Crippen LogP contribution in [-0.2, 0) is 4.74 Å². The van der Waals surface area contributed by atoms with E-state index in [9.17, 15) is 15.0 Å². The maximum Gasteiger partial charge on any atom is 0.280 e. The van der Waals surface area contributed by atoms with Gasteiger partial charge in [0, 0.05) is 22.6 Å². The summed E-state index contributed by atoms with van der Waals surface area (Å²) < 4.78 is 7.12. The molecule has 0 bridgehead atoms. The predicted octanol–water partition coefficient (Wildman–Crippen LogP) is -2.08. The molecular formula is C10H12IN5O5. The second-order valence-electron chi connectivity index (χ2n) is 4.60. The Morgan fingerprint density at radius 2 is 2.10 bits per heavy atom. The molecule has 21 heavy (non-hydrogen) atoms. The van der Waals surface area contributed by atoms with E-state index in [2.05, 4.69) is 15.0 Å². The number of aliphatic hydroxyl groups is 3. The van der Waals surface area contributed by atoms with Gasteiger partial charge in [-0.25, -0.2) is 4.98 Å². The van der Waals surface area contributed by atoms with Gasteiger partial charge in [0.1, 0.15) is 18.3 Å². The molecule has 4 atom stereocenters. The fourth-order valence-corrected chi connectivity index (χ4v) is 3.04. The summed E-state index contributed by atoms with van der Waals surface area (Å²) in [7, 11) is 0. The van der Waals surface area contributed by atoms with Crippen LogP contribution >= 0.6 is 22.6 Å². The number of ether oxygens (including phenoxy) is 1. The lowest BCUT2D eigenvalue weighted by atomic mass is 10.1. The summed E-state index contributed by atoms with van der Waals surface area (Å²) in [5.74, 6) is -0.100. The monoisotopic (exact) mass is 409 g/mol. The van der Waals surface area contributed by atoms with Gasteiger partial charge in [-0.15, -0.1) is 0 Å². The minimum Gasteiger partial charge on any atom is -0.394 e. The van der Waals surface area contributed by atoms with Gasteiger partial charge in [0.25, 0.3) is 5.56 Å². The molecule has 114 valence electrons. The van der Waals surface area contributed by atoms with Crippen molar-refractivity contribution in [2.24, 2.45) is 0 Å². The van der Waals surface area contributed by atoms with Crippen LogP contribution in [0.2, 0.25) is 0 Å². The highest BCUT2D eigenvalue weighted by molar-refractivity contribution is 14.1. The van der Waals surface area contributed by atoms with Gasteiger partial charge in [-0.05, 0) is 0 Å². The van der Waals surface area contributed by atoms with Crippen molar-refractivity contribution in [1.29, 1.82) is 0 Å². The molecule has 2 aromatic heterocycles. The average Bonchev–Trinajstić information content (AvgIpc) is 2.89. The van der Waals surface area contributed by atoms with Crippen LogP contribution in [0, 0.1) is 3.83 Å².